The molecule has 1 amide bonds. The van der Waals surface area contributed by atoms with Gasteiger partial charge in [-0.05, 0) is 37.5 Å². The molecule has 0 radical (unpaired) electrons. The Hall–Kier alpha value is -1.77. The van der Waals surface area contributed by atoms with E-state index in [1.165, 1.54) is 0 Å². The summed E-state index contributed by atoms with van der Waals surface area (Å²) in [6.07, 6.45) is 4.92. The highest BCUT2D eigenvalue weighted by molar-refractivity contribution is 6.03. The van der Waals surface area contributed by atoms with E-state index in [1.54, 1.807) is 11.9 Å². The number of hydrogen-bond donors (Lipinski definition) is 0. The number of likely N-dealkylation sites (N-methyl/N-ethyl adjacent to an activating group) is 1. The number of carbonyl (C=O) groups is 1. The van der Waals surface area contributed by atoms with Gasteiger partial charge in [0.05, 0.1) is 6.61 Å². The van der Waals surface area contributed by atoms with Gasteiger partial charge in [0, 0.05) is 12.7 Å². The molecule has 0 spiro atoms. The summed E-state index contributed by atoms with van der Waals surface area (Å²) in [6.45, 7) is 0.639. The normalized spacial score (nSPS) is 15.5. The largest absolute Gasteiger partial charge is 0.488 e. The number of nitrogens with zero attached hydrogens (tertiary/aromatic N) is 1. The third-order valence-corrected chi connectivity index (χ3v) is 2.84. The molecule has 90 valence electrons. The summed E-state index contributed by atoms with van der Waals surface area (Å²) in [4.78, 5) is 13.8. The van der Waals surface area contributed by atoms with Crippen molar-refractivity contribution in [1.29, 1.82) is 0 Å². The SMILES string of the molecule is CN(C(=O)C1=CCCCCO1)c1ccccc1. The smallest absolute Gasteiger partial charge is 0.292 e. The Kier molecular flexibility index (Phi) is 3.81. The van der Waals surface area contributed by atoms with Crippen molar-refractivity contribution in [1.82, 2.24) is 0 Å². The Labute approximate surface area is 102 Å². The van der Waals surface area contributed by atoms with Crippen LogP contribution in [0.2, 0.25) is 0 Å². The topological polar surface area (TPSA) is 29.5 Å². The lowest BCUT2D eigenvalue weighted by Crippen LogP contribution is -2.28. The average Bonchev–Trinajstić information content (AvgIpc) is 2.67. The lowest BCUT2D eigenvalue weighted by molar-refractivity contribution is -0.118. The van der Waals surface area contributed by atoms with E-state index in [9.17, 15) is 4.79 Å². The van der Waals surface area contributed by atoms with Crippen LogP contribution >= 0.6 is 0 Å². The molecule has 1 heterocycles. The van der Waals surface area contributed by atoms with E-state index in [0.29, 0.717) is 12.4 Å². The van der Waals surface area contributed by atoms with Gasteiger partial charge < -0.3 is 9.64 Å². The summed E-state index contributed by atoms with van der Waals surface area (Å²) in [7, 11) is 1.77. The fourth-order valence-electron chi connectivity index (χ4n) is 1.80. The Morgan fingerprint density at radius 3 is 2.76 bits per heavy atom. The average molecular weight is 231 g/mol. The molecule has 3 nitrogen and oxygen atoms in total. The van der Waals surface area contributed by atoms with E-state index >= 15 is 0 Å². The van der Waals surface area contributed by atoms with Crippen LogP contribution in [0.15, 0.2) is 42.2 Å². The maximum atomic E-state index is 12.2. The van der Waals surface area contributed by atoms with Gasteiger partial charge >= 0.3 is 0 Å². The van der Waals surface area contributed by atoms with Crippen molar-refractivity contribution in [3.8, 4) is 0 Å². The highest BCUT2D eigenvalue weighted by atomic mass is 16.5. The van der Waals surface area contributed by atoms with E-state index in [0.717, 1.165) is 24.9 Å². The number of allylic oxidation sites excluding steroid dienone is 1. The molecule has 0 bridgehead atoms. The molecule has 3 heteroatoms. The second-order valence-electron chi connectivity index (χ2n) is 4.11. The number of hydrogen-bond acceptors (Lipinski definition) is 2. The van der Waals surface area contributed by atoms with Crippen molar-refractivity contribution in [2.24, 2.45) is 0 Å². The number of carbonyl (C=O) groups excluding carboxylic acids is 1. The van der Waals surface area contributed by atoms with Gasteiger partial charge in [0.2, 0.25) is 0 Å². The molecule has 1 aromatic rings. The minimum Gasteiger partial charge on any atom is -0.488 e. The summed E-state index contributed by atoms with van der Waals surface area (Å²) in [5.41, 5.74) is 0.881. The lowest BCUT2D eigenvalue weighted by atomic mass is 10.2. The van der Waals surface area contributed by atoms with Crippen LogP contribution in [0.1, 0.15) is 19.3 Å². The Bertz CT molecular complexity index is 411. The van der Waals surface area contributed by atoms with E-state index in [1.807, 2.05) is 36.4 Å². The summed E-state index contributed by atoms with van der Waals surface area (Å²) in [5, 5.41) is 0. The molecule has 0 aromatic heterocycles. The molecular weight excluding hydrogens is 214 g/mol. The fourth-order valence-corrected chi connectivity index (χ4v) is 1.80. The quantitative estimate of drug-likeness (QED) is 0.783. The van der Waals surface area contributed by atoms with Gasteiger partial charge in [0.15, 0.2) is 5.76 Å². The third kappa shape index (κ3) is 2.87. The summed E-state index contributed by atoms with van der Waals surface area (Å²) < 4.78 is 5.48. The second-order valence-corrected chi connectivity index (χ2v) is 4.11. The predicted molar refractivity (Wildman–Crippen MR) is 67.7 cm³/mol. The molecule has 1 aliphatic rings. The number of rotatable bonds is 2. The standard InChI is InChI=1S/C14H17NO2/c1-15(12-8-4-2-5-9-12)14(16)13-10-6-3-7-11-17-13/h2,4-5,8-10H,3,6-7,11H2,1H3. The molecule has 2 rings (SSSR count). The number of ether oxygens (including phenoxy) is 1. The maximum Gasteiger partial charge on any atom is 0.292 e. The van der Waals surface area contributed by atoms with E-state index in [4.69, 9.17) is 4.74 Å². The van der Waals surface area contributed by atoms with Crippen LogP contribution < -0.4 is 4.90 Å². The van der Waals surface area contributed by atoms with Crippen molar-refractivity contribution in [3.05, 3.63) is 42.2 Å². The van der Waals surface area contributed by atoms with Crippen molar-refractivity contribution >= 4 is 11.6 Å². The molecule has 0 saturated heterocycles. The van der Waals surface area contributed by atoms with Crippen LogP contribution in [0.25, 0.3) is 0 Å². The van der Waals surface area contributed by atoms with Crippen LogP contribution in [-0.4, -0.2) is 19.6 Å². The number of para-hydroxylation sites is 1. The molecule has 1 aliphatic heterocycles. The molecule has 0 fully saturated rings. The molecule has 0 unspecified atom stereocenters. The van der Waals surface area contributed by atoms with Crippen molar-refractivity contribution in [3.63, 3.8) is 0 Å². The zero-order valence-electron chi connectivity index (χ0n) is 10.1. The number of benzene rings is 1. The van der Waals surface area contributed by atoms with Gasteiger partial charge in [0.25, 0.3) is 5.91 Å². The molecule has 17 heavy (non-hydrogen) atoms. The van der Waals surface area contributed by atoms with Crippen LogP contribution in [0.4, 0.5) is 5.69 Å². The highest BCUT2D eigenvalue weighted by Crippen LogP contribution is 2.17. The van der Waals surface area contributed by atoms with Crippen molar-refractivity contribution < 1.29 is 9.53 Å². The Balaban J connectivity index is 2.11. The van der Waals surface area contributed by atoms with Gasteiger partial charge in [-0.15, -0.1) is 0 Å². The van der Waals surface area contributed by atoms with Gasteiger partial charge in [0.1, 0.15) is 0 Å². The van der Waals surface area contributed by atoms with Gasteiger partial charge in [-0.2, -0.15) is 0 Å². The van der Waals surface area contributed by atoms with E-state index in [-0.39, 0.29) is 5.91 Å². The van der Waals surface area contributed by atoms with Crippen molar-refractivity contribution in [2.75, 3.05) is 18.6 Å². The molecular formula is C14H17NO2. The van der Waals surface area contributed by atoms with Crippen LogP contribution in [0.5, 0.6) is 0 Å². The molecule has 0 saturated carbocycles. The summed E-state index contributed by atoms with van der Waals surface area (Å²) >= 11 is 0. The lowest BCUT2D eigenvalue weighted by Gasteiger charge is -2.18. The zero-order chi connectivity index (χ0) is 12.1. The van der Waals surface area contributed by atoms with Gasteiger partial charge in [-0.25, -0.2) is 0 Å². The first-order chi connectivity index (χ1) is 8.29. The highest BCUT2D eigenvalue weighted by Gasteiger charge is 2.18. The van der Waals surface area contributed by atoms with E-state index in [2.05, 4.69) is 0 Å². The predicted octanol–water partition coefficient (Wildman–Crippen LogP) is 2.73. The number of amides is 1. The maximum absolute atomic E-state index is 12.2. The second kappa shape index (κ2) is 5.53. The molecule has 1 aromatic carbocycles. The first kappa shape index (κ1) is 11.7. The Morgan fingerprint density at radius 2 is 2.00 bits per heavy atom. The zero-order valence-corrected chi connectivity index (χ0v) is 10.1. The Morgan fingerprint density at radius 1 is 1.24 bits per heavy atom. The van der Waals surface area contributed by atoms with E-state index < -0.39 is 0 Å². The minimum absolute atomic E-state index is 0.0712. The first-order valence-corrected chi connectivity index (χ1v) is 5.95. The third-order valence-electron chi connectivity index (χ3n) is 2.84. The summed E-state index contributed by atoms with van der Waals surface area (Å²) in [6, 6.07) is 9.59. The van der Waals surface area contributed by atoms with Gasteiger partial charge in [-0.3, -0.25) is 4.79 Å². The van der Waals surface area contributed by atoms with Crippen molar-refractivity contribution in [2.45, 2.75) is 19.3 Å². The minimum atomic E-state index is -0.0712. The monoisotopic (exact) mass is 231 g/mol. The van der Waals surface area contributed by atoms with Crippen LogP contribution in [-0.2, 0) is 9.53 Å². The first-order valence-electron chi connectivity index (χ1n) is 5.95. The molecule has 0 aliphatic carbocycles. The molecule has 0 N–H and O–H groups in total. The number of anilines is 1. The molecule has 0 atom stereocenters. The fraction of sp³-hybridized carbons (Fsp3) is 0.357. The summed E-state index contributed by atoms with van der Waals surface area (Å²) in [5.74, 6) is 0.409. The van der Waals surface area contributed by atoms with Crippen LogP contribution in [0, 0.1) is 0 Å². The van der Waals surface area contributed by atoms with Crippen LogP contribution in [0.3, 0.4) is 0 Å². The van der Waals surface area contributed by atoms with Gasteiger partial charge in [-0.1, -0.05) is 18.2 Å².